The van der Waals surface area contributed by atoms with Crippen molar-refractivity contribution in [1.82, 2.24) is 0 Å². The fraction of sp³-hybridized carbons (Fsp3) is 0.914. The second kappa shape index (κ2) is 10.4. The Morgan fingerprint density at radius 1 is 0.900 bits per heavy atom. The van der Waals surface area contributed by atoms with E-state index in [1.807, 2.05) is 0 Å². The fourth-order valence-corrected chi connectivity index (χ4v) is 12.1. The summed E-state index contributed by atoms with van der Waals surface area (Å²) in [5.41, 5.74) is 0.295. The van der Waals surface area contributed by atoms with Crippen molar-refractivity contribution in [2.45, 2.75) is 118 Å². The molecular weight excluding hydrogens is 500 g/mol. The van der Waals surface area contributed by atoms with Crippen LogP contribution in [-0.2, 0) is 9.53 Å². The summed E-state index contributed by atoms with van der Waals surface area (Å²) in [5, 5.41) is 31.8. The molecule has 5 saturated carbocycles. The standard InChI is InChI=1S/C35H58O5/c1-22(2)13-19-40-30(39)35-16-10-24(23(3)20-36)29(35)25-8-9-27-31(4)14-12-28(38)32(5,21-37)26(31)11-15-34(27,7)33(25,6)17-18-35/h22,24-29,36-38H,3,8-21H2,1-2,4-7H3/t24-,25?,26?,27?,28-,29?,31-,32-,33+,34+,35-/m0/s1. The first-order chi connectivity index (χ1) is 18.7. The molecule has 5 rings (SSSR count). The maximum Gasteiger partial charge on any atom is 0.312 e. The highest BCUT2D eigenvalue weighted by Crippen LogP contribution is 2.77. The molecule has 0 amide bonds. The van der Waals surface area contributed by atoms with Crippen LogP contribution in [0.3, 0.4) is 0 Å². The monoisotopic (exact) mass is 558 g/mol. The Morgan fingerprint density at radius 3 is 2.27 bits per heavy atom. The quantitative estimate of drug-likeness (QED) is 0.244. The zero-order valence-corrected chi connectivity index (χ0v) is 26.3. The van der Waals surface area contributed by atoms with Gasteiger partial charge in [0.15, 0.2) is 0 Å². The normalized spacial score (nSPS) is 50.0. The number of hydrogen-bond donors (Lipinski definition) is 3. The Bertz CT molecular complexity index is 992. The molecule has 5 aliphatic rings. The van der Waals surface area contributed by atoms with Crippen LogP contribution in [0.1, 0.15) is 112 Å². The highest BCUT2D eigenvalue weighted by molar-refractivity contribution is 5.78. The van der Waals surface area contributed by atoms with Gasteiger partial charge in [-0.25, -0.2) is 0 Å². The second-order valence-corrected chi connectivity index (χ2v) is 16.3. The summed E-state index contributed by atoms with van der Waals surface area (Å²) in [4.78, 5) is 14.0. The van der Waals surface area contributed by atoms with Crippen LogP contribution < -0.4 is 0 Å². The molecule has 0 spiro atoms. The van der Waals surface area contributed by atoms with Crippen LogP contribution in [0.2, 0.25) is 0 Å². The number of aliphatic hydroxyl groups excluding tert-OH is 3. The minimum Gasteiger partial charge on any atom is -0.465 e. The predicted octanol–water partition coefficient (Wildman–Crippen LogP) is 6.54. The summed E-state index contributed by atoms with van der Waals surface area (Å²) in [6, 6.07) is 0. The van der Waals surface area contributed by atoms with Crippen LogP contribution in [0.25, 0.3) is 0 Å². The van der Waals surface area contributed by atoms with Crippen LogP contribution in [0.15, 0.2) is 12.2 Å². The van der Waals surface area contributed by atoms with E-state index in [1.165, 1.54) is 0 Å². The molecule has 5 heteroatoms. The van der Waals surface area contributed by atoms with Gasteiger partial charge in [0.25, 0.3) is 0 Å². The lowest BCUT2D eigenvalue weighted by Crippen LogP contribution is -2.67. The Morgan fingerprint density at radius 2 is 1.62 bits per heavy atom. The van der Waals surface area contributed by atoms with Crippen molar-refractivity contribution in [3.05, 3.63) is 12.2 Å². The van der Waals surface area contributed by atoms with Crippen molar-refractivity contribution in [1.29, 1.82) is 0 Å². The molecule has 0 bridgehead atoms. The Hall–Kier alpha value is -0.910. The third kappa shape index (κ3) is 4.06. The van der Waals surface area contributed by atoms with Crippen LogP contribution in [0.5, 0.6) is 0 Å². The van der Waals surface area contributed by atoms with Gasteiger partial charge in [0.1, 0.15) is 0 Å². The van der Waals surface area contributed by atoms with Gasteiger partial charge < -0.3 is 20.1 Å². The van der Waals surface area contributed by atoms with Gasteiger partial charge in [-0.05, 0) is 128 Å². The molecule has 0 aromatic rings. The maximum absolute atomic E-state index is 14.0. The molecule has 11 atom stereocenters. The van der Waals surface area contributed by atoms with Crippen LogP contribution in [0.4, 0.5) is 0 Å². The molecule has 0 aliphatic heterocycles. The number of esters is 1. The first kappa shape index (κ1) is 30.5. The van der Waals surface area contributed by atoms with Gasteiger partial charge in [-0.2, -0.15) is 0 Å². The third-order valence-corrected chi connectivity index (χ3v) is 14.6. The Kier molecular flexibility index (Phi) is 7.92. The van der Waals surface area contributed by atoms with Crippen molar-refractivity contribution >= 4 is 5.97 Å². The Balaban J connectivity index is 1.51. The number of carbonyl (C=O) groups is 1. The smallest absolute Gasteiger partial charge is 0.312 e. The van der Waals surface area contributed by atoms with Crippen molar-refractivity contribution in [2.24, 2.45) is 62.6 Å². The van der Waals surface area contributed by atoms with Crippen molar-refractivity contribution in [3.63, 3.8) is 0 Å². The number of aliphatic hydroxyl groups is 3. The molecule has 0 heterocycles. The second-order valence-electron chi connectivity index (χ2n) is 16.3. The van der Waals surface area contributed by atoms with Gasteiger partial charge >= 0.3 is 5.97 Å². The van der Waals surface area contributed by atoms with E-state index in [1.54, 1.807) is 0 Å². The summed E-state index contributed by atoms with van der Waals surface area (Å²) in [7, 11) is 0. The van der Waals surface area contributed by atoms with Crippen LogP contribution in [-0.4, -0.2) is 47.2 Å². The average molecular weight is 559 g/mol. The molecular formula is C35H58O5. The average Bonchev–Trinajstić information content (AvgIpc) is 3.31. The number of hydrogen-bond acceptors (Lipinski definition) is 5. The van der Waals surface area contributed by atoms with Gasteiger partial charge in [-0.1, -0.05) is 48.1 Å². The molecule has 5 aliphatic carbocycles. The lowest BCUT2D eigenvalue weighted by atomic mass is 9.32. The highest BCUT2D eigenvalue weighted by Gasteiger charge is 2.72. The summed E-state index contributed by atoms with van der Waals surface area (Å²) in [6.45, 7) is 18.9. The van der Waals surface area contributed by atoms with Gasteiger partial charge in [0.05, 0.1) is 31.3 Å². The van der Waals surface area contributed by atoms with Crippen molar-refractivity contribution in [2.75, 3.05) is 19.8 Å². The van der Waals surface area contributed by atoms with E-state index < -0.39 is 16.9 Å². The lowest BCUT2D eigenvalue weighted by molar-refractivity contribution is -0.254. The zero-order chi connectivity index (χ0) is 29.3. The van der Waals surface area contributed by atoms with Crippen molar-refractivity contribution < 1.29 is 24.9 Å². The molecule has 228 valence electrons. The lowest BCUT2D eigenvalue weighted by Gasteiger charge is -2.72. The molecule has 4 unspecified atom stereocenters. The number of rotatable bonds is 7. The van der Waals surface area contributed by atoms with E-state index in [2.05, 4.69) is 48.1 Å². The topological polar surface area (TPSA) is 87.0 Å². The predicted molar refractivity (Wildman–Crippen MR) is 158 cm³/mol. The molecule has 0 saturated heterocycles. The van der Waals surface area contributed by atoms with Gasteiger partial charge in [0, 0.05) is 5.41 Å². The van der Waals surface area contributed by atoms with E-state index in [4.69, 9.17) is 4.74 Å². The maximum atomic E-state index is 14.0. The largest absolute Gasteiger partial charge is 0.465 e. The molecule has 0 radical (unpaired) electrons. The summed E-state index contributed by atoms with van der Waals surface area (Å²) < 4.78 is 6.06. The van der Waals surface area contributed by atoms with E-state index in [0.29, 0.717) is 30.3 Å². The van der Waals surface area contributed by atoms with Gasteiger partial charge in [-0.15, -0.1) is 0 Å². The van der Waals surface area contributed by atoms with E-state index in [9.17, 15) is 20.1 Å². The van der Waals surface area contributed by atoms with E-state index in [-0.39, 0.29) is 47.3 Å². The SMILES string of the molecule is C=C(CO)[C@@H]1CC[C@]2(C(=O)OCCC(C)C)CC[C@]3(C)C(CCC4[C@@]5(C)CC[C@H](O)[C@@](C)(CO)C5CC[C@]43C)C12. The van der Waals surface area contributed by atoms with Gasteiger partial charge in [0.2, 0.25) is 0 Å². The Labute approximate surface area is 243 Å². The number of carbonyl (C=O) groups excluding carboxylic acids is 1. The minimum absolute atomic E-state index is 0.00914. The minimum atomic E-state index is -0.460. The van der Waals surface area contributed by atoms with Crippen LogP contribution in [0, 0.1) is 62.6 Å². The molecule has 0 aromatic carbocycles. The van der Waals surface area contributed by atoms with E-state index in [0.717, 1.165) is 76.2 Å². The van der Waals surface area contributed by atoms with E-state index >= 15 is 0 Å². The molecule has 40 heavy (non-hydrogen) atoms. The zero-order valence-electron chi connectivity index (χ0n) is 26.3. The van der Waals surface area contributed by atoms with Crippen molar-refractivity contribution in [3.8, 4) is 0 Å². The third-order valence-electron chi connectivity index (χ3n) is 14.6. The first-order valence-corrected chi connectivity index (χ1v) is 16.5. The first-order valence-electron chi connectivity index (χ1n) is 16.5. The van der Waals surface area contributed by atoms with Crippen LogP contribution >= 0.6 is 0 Å². The molecule has 5 nitrogen and oxygen atoms in total. The highest BCUT2D eigenvalue weighted by atomic mass is 16.5. The molecule has 3 N–H and O–H groups in total. The summed E-state index contributed by atoms with van der Waals surface area (Å²) in [5.74, 6) is 2.11. The number of ether oxygens (including phenoxy) is 1. The van der Waals surface area contributed by atoms with Gasteiger partial charge in [-0.3, -0.25) is 4.79 Å². The summed E-state index contributed by atoms with van der Waals surface area (Å²) in [6.07, 6.45) is 10.3. The molecule has 0 aromatic heterocycles. The summed E-state index contributed by atoms with van der Waals surface area (Å²) >= 11 is 0. The molecule has 5 fully saturated rings. The number of fused-ring (bicyclic) bond motifs is 7. The fourth-order valence-electron chi connectivity index (χ4n) is 12.1.